The Morgan fingerprint density at radius 1 is 0.611 bits per heavy atom. The molecule has 0 saturated heterocycles. The van der Waals surface area contributed by atoms with Crippen molar-refractivity contribution >= 4 is 23.2 Å². The molecule has 6 rings (SSSR count). The van der Waals surface area contributed by atoms with E-state index in [2.05, 4.69) is 48.5 Å². The molecule has 0 saturated carbocycles. The van der Waals surface area contributed by atoms with Crippen LogP contribution in [0.25, 0.3) is 0 Å². The van der Waals surface area contributed by atoms with Gasteiger partial charge in [0.25, 0.3) is 0 Å². The molecule has 18 heavy (non-hydrogen) atoms. The third-order valence-electron chi connectivity index (χ3n) is 3.51. The third kappa shape index (κ3) is 2.41. The predicted molar refractivity (Wildman–Crippen MR) is 77.5 cm³/mol. The molecule has 0 unspecified atom stereocenters. The minimum Gasteiger partial charge on any atom is -0.117 e. The van der Waals surface area contributed by atoms with E-state index < -0.39 is 0 Å². The van der Waals surface area contributed by atoms with Crippen LogP contribution in [0.3, 0.4) is 0 Å². The van der Waals surface area contributed by atoms with Crippen LogP contribution in [0.15, 0.2) is 48.5 Å². The maximum Gasteiger partial charge on any atom is 0.0625 e. The van der Waals surface area contributed by atoms with Crippen LogP contribution in [0.4, 0.5) is 0 Å². The summed E-state index contributed by atoms with van der Waals surface area (Å²) in [6, 6.07) is 17.0. The highest BCUT2D eigenvalue weighted by atomic mass is 35.5. The lowest BCUT2D eigenvalue weighted by molar-refractivity contribution is 0.884. The van der Waals surface area contributed by atoms with Crippen LogP contribution >= 0.6 is 23.2 Å². The van der Waals surface area contributed by atoms with Gasteiger partial charge in [0.15, 0.2) is 0 Å². The van der Waals surface area contributed by atoms with Crippen molar-refractivity contribution in [2.24, 2.45) is 0 Å². The Hall–Kier alpha value is -0.980. The van der Waals surface area contributed by atoms with Gasteiger partial charge in [-0.1, -0.05) is 48.5 Å². The molecule has 4 aliphatic carbocycles. The summed E-state index contributed by atoms with van der Waals surface area (Å²) in [4.78, 5) is 0. The van der Waals surface area contributed by atoms with E-state index in [0.717, 1.165) is 12.8 Å². The highest BCUT2D eigenvalue weighted by Gasteiger charge is 2.14. The number of rotatable bonds is 0. The Balaban J connectivity index is 2.05. The molecule has 0 N–H and O–H groups in total. The van der Waals surface area contributed by atoms with Crippen LogP contribution < -0.4 is 0 Å². The fourth-order valence-corrected chi connectivity index (χ4v) is 3.02. The second-order valence-corrected chi connectivity index (χ2v) is 5.88. The summed E-state index contributed by atoms with van der Waals surface area (Å²) in [5, 5.41) is 0.0762. The van der Waals surface area contributed by atoms with E-state index in [1.165, 1.54) is 22.3 Å². The molecule has 0 spiro atoms. The summed E-state index contributed by atoms with van der Waals surface area (Å²) < 4.78 is 0. The first-order valence-electron chi connectivity index (χ1n) is 6.18. The van der Waals surface area contributed by atoms with Crippen molar-refractivity contribution in [3.63, 3.8) is 0 Å². The smallest absolute Gasteiger partial charge is 0.0625 e. The lowest BCUT2D eigenvalue weighted by Gasteiger charge is -2.16. The topological polar surface area (TPSA) is 0 Å². The molecule has 0 nitrogen and oxygen atoms in total. The Labute approximate surface area is 118 Å². The molecular weight excluding hydrogens is 263 g/mol. The second kappa shape index (κ2) is 4.95. The van der Waals surface area contributed by atoms with E-state index >= 15 is 0 Å². The van der Waals surface area contributed by atoms with Gasteiger partial charge in [-0.2, -0.15) is 0 Å². The van der Waals surface area contributed by atoms with Crippen molar-refractivity contribution in [1.29, 1.82) is 0 Å². The molecule has 2 aromatic carbocycles. The quantitative estimate of drug-likeness (QED) is 0.591. The van der Waals surface area contributed by atoms with Gasteiger partial charge < -0.3 is 0 Å². The zero-order valence-electron chi connectivity index (χ0n) is 9.94. The molecule has 4 aliphatic rings. The fourth-order valence-electron chi connectivity index (χ4n) is 2.37. The lowest BCUT2D eigenvalue weighted by Crippen LogP contribution is -2.01. The average Bonchev–Trinajstić information content (AvgIpc) is 2.39. The van der Waals surface area contributed by atoms with Gasteiger partial charge in [0.05, 0.1) is 10.8 Å². The zero-order valence-corrected chi connectivity index (χ0v) is 11.5. The molecule has 0 aliphatic heterocycles. The van der Waals surface area contributed by atoms with Crippen molar-refractivity contribution in [3.05, 3.63) is 70.8 Å². The highest BCUT2D eigenvalue weighted by Crippen LogP contribution is 2.30. The number of hydrogen-bond acceptors (Lipinski definition) is 0. The van der Waals surface area contributed by atoms with Crippen LogP contribution in [0.5, 0.6) is 0 Å². The van der Waals surface area contributed by atoms with E-state index in [1.807, 2.05) is 0 Å². The Morgan fingerprint density at radius 3 is 1.28 bits per heavy atom. The maximum absolute atomic E-state index is 6.45. The van der Waals surface area contributed by atoms with Gasteiger partial charge in [0.1, 0.15) is 0 Å². The van der Waals surface area contributed by atoms with E-state index in [0.29, 0.717) is 0 Å². The van der Waals surface area contributed by atoms with Crippen molar-refractivity contribution in [3.8, 4) is 0 Å². The van der Waals surface area contributed by atoms with Crippen LogP contribution in [0.2, 0.25) is 0 Å². The highest BCUT2D eigenvalue weighted by molar-refractivity contribution is 6.21. The summed E-state index contributed by atoms with van der Waals surface area (Å²) >= 11 is 12.9. The summed E-state index contributed by atoms with van der Waals surface area (Å²) in [5.74, 6) is 0. The van der Waals surface area contributed by atoms with E-state index in [1.54, 1.807) is 0 Å². The number of halogens is 2. The lowest BCUT2D eigenvalue weighted by atomic mass is 9.96. The summed E-state index contributed by atoms with van der Waals surface area (Å²) in [5.41, 5.74) is 4.87. The van der Waals surface area contributed by atoms with Gasteiger partial charge in [-0.3, -0.25) is 0 Å². The van der Waals surface area contributed by atoms with E-state index in [9.17, 15) is 0 Å². The van der Waals surface area contributed by atoms with Gasteiger partial charge >= 0.3 is 0 Å². The first-order valence-corrected chi connectivity index (χ1v) is 7.05. The second-order valence-electron chi connectivity index (χ2n) is 4.83. The standard InChI is InChI=1S/C16H14Cl2/c17-15-9-11-1-5-13(6-2-11)16(18)10-12-3-7-14(15)8-4-12/h1-8,15-16H,9-10H2/t15-,16-/m0/s1. The van der Waals surface area contributed by atoms with Gasteiger partial charge in [0, 0.05) is 0 Å². The Bertz CT molecular complexity index is 477. The molecule has 0 aromatic heterocycles. The summed E-state index contributed by atoms with van der Waals surface area (Å²) in [7, 11) is 0. The monoisotopic (exact) mass is 276 g/mol. The molecule has 92 valence electrons. The summed E-state index contributed by atoms with van der Waals surface area (Å²) in [6.07, 6.45) is 1.71. The Kier molecular flexibility index (Phi) is 3.32. The molecular formula is C16H14Cl2. The number of hydrogen-bond donors (Lipinski definition) is 0. The third-order valence-corrected chi connectivity index (χ3v) is 4.33. The molecule has 2 heteroatoms. The zero-order chi connectivity index (χ0) is 12.5. The maximum atomic E-state index is 6.45. The molecule has 0 heterocycles. The van der Waals surface area contributed by atoms with E-state index in [-0.39, 0.29) is 10.8 Å². The average molecular weight is 277 g/mol. The van der Waals surface area contributed by atoms with Crippen molar-refractivity contribution < 1.29 is 0 Å². The minimum absolute atomic E-state index is 0.0381. The van der Waals surface area contributed by atoms with Gasteiger partial charge in [-0.25, -0.2) is 0 Å². The van der Waals surface area contributed by atoms with Crippen molar-refractivity contribution in [2.45, 2.75) is 23.6 Å². The van der Waals surface area contributed by atoms with Crippen LogP contribution in [0, 0.1) is 0 Å². The molecule has 2 atom stereocenters. The van der Waals surface area contributed by atoms with Crippen molar-refractivity contribution in [2.75, 3.05) is 0 Å². The number of alkyl halides is 2. The predicted octanol–water partition coefficient (Wildman–Crippen LogP) is 5.05. The largest absolute Gasteiger partial charge is 0.117 e. The van der Waals surface area contributed by atoms with Crippen LogP contribution in [-0.4, -0.2) is 0 Å². The molecule has 0 amide bonds. The van der Waals surface area contributed by atoms with Crippen LogP contribution in [-0.2, 0) is 12.8 Å². The fraction of sp³-hybridized carbons (Fsp3) is 0.250. The van der Waals surface area contributed by atoms with Gasteiger partial charge in [-0.05, 0) is 35.1 Å². The minimum atomic E-state index is 0.0381. The number of benzene rings is 2. The first kappa shape index (κ1) is 12.1. The molecule has 4 bridgehead atoms. The van der Waals surface area contributed by atoms with Crippen molar-refractivity contribution in [1.82, 2.24) is 0 Å². The molecule has 0 fully saturated rings. The summed E-state index contributed by atoms with van der Waals surface area (Å²) in [6.45, 7) is 0. The van der Waals surface area contributed by atoms with Gasteiger partial charge in [0.2, 0.25) is 0 Å². The normalized spacial score (nSPS) is 22.6. The Morgan fingerprint density at radius 2 is 0.944 bits per heavy atom. The van der Waals surface area contributed by atoms with Gasteiger partial charge in [-0.15, -0.1) is 23.2 Å². The molecule has 0 radical (unpaired) electrons. The van der Waals surface area contributed by atoms with Crippen LogP contribution in [0.1, 0.15) is 33.0 Å². The molecule has 2 aromatic rings. The SMILES string of the molecule is Cl[C@H]1Cc2ccc(cc2)[C@@H](Cl)Cc2ccc1cc2. The van der Waals surface area contributed by atoms with E-state index in [4.69, 9.17) is 23.2 Å². The first-order chi connectivity index (χ1) is 8.72.